The van der Waals surface area contributed by atoms with Crippen molar-refractivity contribution in [2.75, 3.05) is 6.61 Å². The molecule has 18 heavy (non-hydrogen) atoms. The van der Waals surface area contributed by atoms with Gasteiger partial charge in [0, 0.05) is 6.04 Å². The van der Waals surface area contributed by atoms with E-state index in [2.05, 4.69) is 29.8 Å². The number of nitrogens with two attached hydrogens (primary N) is 1. The number of aryl methyl sites for hydroxylation is 1. The fraction of sp³-hybridized carbons (Fsp3) is 0.333. The van der Waals surface area contributed by atoms with Crippen molar-refractivity contribution < 1.29 is 4.74 Å². The number of benzene rings is 1. The van der Waals surface area contributed by atoms with E-state index in [1.54, 1.807) is 11.3 Å². The number of hydrogen-bond acceptors (Lipinski definition) is 3. The second kappa shape index (κ2) is 6.57. The molecule has 0 amide bonds. The molecule has 2 aromatic rings. The minimum atomic E-state index is 0.171. The standard InChI is InChI=1S/C15H19NOS/c1-12-3-2-4-15(9-12)17-7-5-14(16)10-13-6-8-18-11-13/h2-4,6,8-9,11,14H,5,7,10,16H2,1H3. The molecule has 0 aliphatic carbocycles. The van der Waals surface area contributed by atoms with Gasteiger partial charge in [-0.3, -0.25) is 0 Å². The summed E-state index contributed by atoms with van der Waals surface area (Å²) in [5.41, 5.74) is 8.62. The van der Waals surface area contributed by atoms with Gasteiger partial charge >= 0.3 is 0 Å². The predicted octanol–water partition coefficient (Wildman–Crippen LogP) is 3.40. The van der Waals surface area contributed by atoms with Gasteiger partial charge in [-0.2, -0.15) is 11.3 Å². The summed E-state index contributed by atoms with van der Waals surface area (Å²) in [7, 11) is 0. The van der Waals surface area contributed by atoms with Crippen molar-refractivity contribution >= 4 is 11.3 Å². The molecular formula is C15H19NOS. The van der Waals surface area contributed by atoms with E-state index in [1.165, 1.54) is 11.1 Å². The van der Waals surface area contributed by atoms with Crippen LogP contribution in [0.4, 0.5) is 0 Å². The molecule has 0 saturated carbocycles. The van der Waals surface area contributed by atoms with E-state index < -0.39 is 0 Å². The molecule has 3 heteroatoms. The first-order valence-corrected chi connectivity index (χ1v) is 7.14. The normalized spacial score (nSPS) is 12.3. The van der Waals surface area contributed by atoms with Crippen LogP contribution in [0, 0.1) is 6.92 Å². The van der Waals surface area contributed by atoms with Crippen LogP contribution in [0.2, 0.25) is 0 Å². The van der Waals surface area contributed by atoms with Crippen molar-refractivity contribution in [1.29, 1.82) is 0 Å². The van der Waals surface area contributed by atoms with Crippen LogP contribution in [0.1, 0.15) is 17.5 Å². The van der Waals surface area contributed by atoms with Gasteiger partial charge in [0.1, 0.15) is 5.75 Å². The van der Waals surface area contributed by atoms with Crippen molar-refractivity contribution in [3.05, 3.63) is 52.2 Å². The highest BCUT2D eigenvalue weighted by molar-refractivity contribution is 7.07. The summed E-state index contributed by atoms with van der Waals surface area (Å²) in [5, 5.41) is 4.24. The lowest BCUT2D eigenvalue weighted by molar-refractivity contribution is 0.297. The Morgan fingerprint density at radius 2 is 2.22 bits per heavy atom. The van der Waals surface area contributed by atoms with E-state index in [4.69, 9.17) is 10.5 Å². The molecule has 0 fully saturated rings. The highest BCUT2D eigenvalue weighted by atomic mass is 32.1. The van der Waals surface area contributed by atoms with Crippen LogP contribution in [-0.4, -0.2) is 12.6 Å². The Balaban J connectivity index is 1.72. The van der Waals surface area contributed by atoms with Gasteiger partial charge in [-0.05, 0) is 59.9 Å². The Morgan fingerprint density at radius 3 is 2.94 bits per heavy atom. The fourth-order valence-electron chi connectivity index (χ4n) is 1.85. The summed E-state index contributed by atoms with van der Waals surface area (Å²) in [5.74, 6) is 0.928. The van der Waals surface area contributed by atoms with Gasteiger partial charge in [-0.1, -0.05) is 12.1 Å². The fourth-order valence-corrected chi connectivity index (χ4v) is 2.53. The molecular weight excluding hydrogens is 242 g/mol. The molecule has 2 nitrogen and oxygen atoms in total. The van der Waals surface area contributed by atoms with Crippen LogP contribution in [0.25, 0.3) is 0 Å². The van der Waals surface area contributed by atoms with Crippen molar-refractivity contribution in [2.24, 2.45) is 5.73 Å². The maximum atomic E-state index is 6.08. The van der Waals surface area contributed by atoms with Crippen LogP contribution in [0.15, 0.2) is 41.1 Å². The topological polar surface area (TPSA) is 35.2 Å². The monoisotopic (exact) mass is 261 g/mol. The Morgan fingerprint density at radius 1 is 1.33 bits per heavy atom. The van der Waals surface area contributed by atoms with Crippen LogP contribution in [0.5, 0.6) is 5.75 Å². The summed E-state index contributed by atoms with van der Waals surface area (Å²) in [6, 6.07) is 10.4. The van der Waals surface area contributed by atoms with Gasteiger partial charge in [0.05, 0.1) is 6.61 Å². The molecule has 0 aliphatic rings. The van der Waals surface area contributed by atoms with Crippen LogP contribution in [0.3, 0.4) is 0 Å². The lowest BCUT2D eigenvalue weighted by atomic mass is 10.1. The SMILES string of the molecule is Cc1cccc(OCCC(N)Cc2ccsc2)c1. The van der Waals surface area contributed by atoms with E-state index >= 15 is 0 Å². The minimum absolute atomic E-state index is 0.171. The number of thiophene rings is 1. The van der Waals surface area contributed by atoms with Crippen molar-refractivity contribution in [1.82, 2.24) is 0 Å². The molecule has 1 atom stereocenters. The van der Waals surface area contributed by atoms with Gasteiger partial charge in [0.2, 0.25) is 0 Å². The molecule has 0 aliphatic heterocycles. The average Bonchev–Trinajstić information content (AvgIpc) is 2.82. The molecule has 0 bridgehead atoms. The highest BCUT2D eigenvalue weighted by Gasteiger charge is 2.05. The van der Waals surface area contributed by atoms with Crippen molar-refractivity contribution in [3.8, 4) is 5.75 Å². The average molecular weight is 261 g/mol. The highest BCUT2D eigenvalue weighted by Crippen LogP contribution is 2.13. The van der Waals surface area contributed by atoms with Crippen molar-refractivity contribution in [2.45, 2.75) is 25.8 Å². The van der Waals surface area contributed by atoms with Gasteiger partial charge < -0.3 is 10.5 Å². The maximum Gasteiger partial charge on any atom is 0.119 e. The smallest absolute Gasteiger partial charge is 0.119 e. The van der Waals surface area contributed by atoms with E-state index in [-0.39, 0.29) is 6.04 Å². The number of ether oxygens (including phenoxy) is 1. The summed E-state index contributed by atoms with van der Waals surface area (Å²) < 4.78 is 5.70. The number of rotatable bonds is 6. The molecule has 1 aromatic heterocycles. The molecule has 1 heterocycles. The summed E-state index contributed by atoms with van der Waals surface area (Å²) in [4.78, 5) is 0. The Hall–Kier alpha value is -1.32. The maximum absolute atomic E-state index is 6.08. The largest absolute Gasteiger partial charge is 0.494 e. The third-order valence-corrected chi connectivity index (χ3v) is 3.56. The minimum Gasteiger partial charge on any atom is -0.494 e. The molecule has 96 valence electrons. The van der Waals surface area contributed by atoms with Crippen LogP contribution >= 0.6 is 11.3 Å². The molecule has 0 saturated heterocycles. The quantitative estimate of drug-likeness (QED) is 0.865. The zero-order valence-corrected chi connectivity index (χ0v) is 11.5. The van der Waals surface area contributed by atoms with Gasteiger partial charge in [-0.15, -0.1) is 0 Å². The number of hydrogen-bond donors (Lipinski definition) is 1. The first-order valence-electron chi connectivity index (χ1n) is 6.20. The Labute approximate surface area is 112 Å². The second-order valence-corrected chi connectivity index (χ2v) is 5.33. The van der Waals surface area contributed by atoms with E-state index in [0.29, 0.717) is 6.61 Å². The molecule has 1 aromatic carbocycles. The van der Waals surface area contributed by atoms with Gasteiger partial charge in [-0.25, -0.2) is 0 Å². The lowest BCUT2D eigenvalue weighted by Gasteiger charge is -2.12. The summed E-state index contributed by atoms with van der Waals surface area (Å²) in [6.45, 7) is 2.74. The Bertz CT molecular complexity index is 467. The van der Waals surface area contributed by atoms with E-state index in [0.717, 1.165) is 18.6 Å². The summed E-state index contributed by atoms with van der Waals surface area (Å²) in [6.07, 6.45) is 1.81. The van der Waals surface area contributed by atoms with E-state index in [1.807, 2.05) is 18.2 Å². The first-order chi connectivity index (χ1) is 8.74. The lowest BCUT2D eigenvalue weighted by Crippen LogP contribution is -2.25. The van der Waals surface area contributed by atoms with Crippen LogP contribution < -0.4 is 10.5 Å². The predicted molar refractivity (Wildman–Crippen MR) is 77.3 cm³/mol. The zero-order chi connectivity index (χ0) is 12.8. The van der Waals surface area contributed by atoms with Crippen LogP contribution in [-0.2, 0) is 6.42 Å². The van der Waals surface area contributed by atoms with Crippen molar-refractivity contribution in [3.63, 3.8) is 0 Å². The molecule has 1 unspecified atom stereocenters. The van der Waals surface area contributed by atoms with Gasteiger partial charge in [0.15, 0.2) is 0 Å². The second-order valence-electron chi connectivity index (χ2n) is 4.55. The first kappa shape index (κ1) is 13.1. The Kier molecular flexibility index (Phi) is 4.79. The zero-order valence-electron chi connectivity index (χ0n) is 10.6. The molecule has 0 spiro atoms. The molecule has 2 N–H and O–H groups in total. The van der Waals surface area contributed by atoms with Gasteiger partial charge in [0.25, 0.3) is 0 Å². The third kappa shape index (κ3) is 4.17. The summed E-state index contributed by atoms with van der Waals surface area (Å²) >= 11 is 1.72. The van der Waals surface area contributed by atoms with E-state index in [9.17, 15) is 0 Å². The molecule has 2 rings (SSSR count). The molecule has 0 radical (unpaired) electrons. The third-order valence-electron chi connectivity index (χ3n) is 2.82.